The van der Waals surface area contributed by atoms with Crippen molar-refractivity contribution in [1.82, 2.24) is 14.9 Å². The van der Waals surface area contributed by atoms with Gasteiger partial charge >= 0.3 is 12.2 Å². The Labute approximate surface area is 297 Å². The van der Waals surface area contributed by atoms with E-state index in [2.05, 4.69) is 46.2 Å². The molecule has 0 radical (unpaired) electrons. The maximum absolute atomic E-state index is 13.0. The van der Waals surface area contributed by atoms with Crippen LogP contribution in [0.15, 0.2) is 140 Å². The molecule has 1 atom stereocenters. The number of carbonyl (C=O) groups is 2. The van der Waals surface area contributed by atoms with Gasteiger partial charge in [0.2, 0.25) is 0 Å². The first-order chi connectivity index (χ1) is 24.5. The van der Waals surface area contributed by atoms with Crippen molar-refractivity contribution in [3.8, 4) is 17.2 Å². The number of halogens is 1. The molecule has 0 unspecified atom stereocenters. The predicted octanol–water partition coefficient (Wildman–Crippen LogP) is 8.26. The van der Waals surface area contributed by atoms with E-state index in [9.17, 15) is 9.59 Å². The Balaban J connectivity index is 1.00. The number of para-hydroxylation sites is 2. The first-order valence-electron chi connectivity index (χ1n) is 16.5. The summed E-state index contributed by atoms with van der Waals surface area (Å²) in [6.07, 6.45) is -1.94. The number of ether oxygens (including phenoxy) is 3. The Bertz CT molecular complexity index is 1790. The van der Waals surface area contributed by atoms with Gasteiger partial charge in [-0.3, -0.25) is 14.6 Å². The van der Waals surface area contributed by atoms with Gasteiger partial charge in [0.25, 0.3) is 0 Å². The molecular formula is C40H38ClN3O6. The number of hydrogen-bond acceptors (Lipinski definition) is 8. The summed E-state index contributed by atoms with van der Waals surface area (Å²) in [6.45, 7) is 4.98. The third kappa shape index (κ3) is 9.85. The molecule has 1 saturated heterocycles. The van der Waals surface area contributed by atoms with E-state index in [-0.39, 0.29) is 18.3 Å². The van der Waals surface area contributed by atoms with Crippen molar-refractivity contribution in [3.05, 3.63) is 161 Å². The maximum Gasteiger partial charge on any atom is 0.539 e. The normalized spacial score (nSPS) is 13.9. The van der Waals surface area contributed by atoms with Gasteiger partial charge in [0.1, 0.15) is 23.9 Å². The molecule has 50 heavy (non-hydrogen) atoms. The van der Waals surface area contributed by atoms with Crippen LogP contribution < -0.4 is 14.2 Å². The van der Waals surface area contributed by atoms with Crippen molar-refractivity contribution < 1.29 is 28.6 Å². The third-order valence-corrected chi connectivity index (χ3v) is 8.53. The van der Waals surface area contributed by atoms with Gasteiger partial charge in [-0.1, -0.05) is 103 Å². The van der Waals surface area contributed by atoms with Gasteiger partial charge in [0.15, 0.2) is 0 Å². The standard InChI is InChI=1S/C40H38ClN3O6/c41-34-20-18-33(19-21-34)38(32-10-4-1-5-11-32)43-26-24-42(25-27-43)28-29-47-35-22-16-31(17-23-35)30-44(39(45)48-36-12-6-2-7-13-36)50-40(46)49-37-14-8-3-9-15-37/h1-23,38H,24-30H2/t38-/m1/s1. The SMILES string of the molecule is O=C(Oc1ccccc1)ON(Cc1ccc(OCCN2CCN([C@H](c3ccccc3)c3ccc(Cl)cc3)CC2)cc1)C(=O)Oc1ccccc1. The van der Waals surface area contributed by atoms with Crippen LogP contribution in [-0.2, 0) is 11.4 Å². The van der Waals surface area contributed by atoms with Crippen molar-refractivity contribution in [1.29, 1.82) is 0 Å². The number of carbonyl (C=O) groups excluding carboxylic acids is 2. The number of hydroxylamine groups is 2. The number of amides is 1. The zero-order valence-electron chi connectivity index (χ0n) is 27.5. The van der Waals surface area contributed by atoms with Crippen LogP contribution in [0.2, 0.25) is 5.02 Å². The number of piperazine rings is 1. The van der Waals surface area contributed by atoms with Crippen LogP contribution in [0, 0.1) is 0 Å². The monoisotopic (exact) mass is 691 g/mol. The van der Waals surface area contributed by atoms with Crippen LogP contribution in [0.25, 0.3) is 0 Å². The summed E-state index contributed by atoms with van der Waals surface area (Å²) in [4.78, 5) is 35.8. The zero-order chi connectivity index (χ0) is 34.5. The fraction of sp³-hybridized carbons (Fsp3) is 0.200. The summed E-state index contributed by atoms with van der Waals surface area (Å²) >= 11 is 6.19. The summed E-state index contributed by atoms with van der Waals surface area (Å²) in [5, 5.41) is 1.56. The Morgan fingerprint density at radius 2 is 1.20 bits per heavy atom. The van der Waals surface area contributed by atoms with Crippen LogP contribution in [0.1, 0.15) is 22.7 Å². The second-order valence-electron chi connectivity index (χ2n) is 11.7. The van der Waals surface area contributed by atoms with Crippen LogP contribution in [0.5, 0.6) is 17.2 Å². The molecule has 1 amide bonds. The minimum Gasteiger partial charge on any atom is -0.492 e. The van der Waals surface area contributed by atoms with Crippen LogP contribution >= 0.6 is 11.6 Å². The summed E-state index contributed by atoms with van der Waals surface area (Å²) in [6, 6.07) is 43.2. The second kappa shape index (κ2) is 17.3. The number of hydrogen-bond donors (Lipinski definition) is 0. The van der Waals surface area contributed by atoms with Crippen molar-refractivity contribution >= 4 is 23.8 Å². The smallest absolute Gasteiger partial charge is 0.492 e. The van der Waals surface area contributed by atoms with Crippen molar-refractivity contribution in [3.63, 3.8) is 0 Å². The molecule has 1 heterocycles. The predicted molar refractivity (Wildman–Crippen MR) is 191 cm³/mol. The van der Waals surface area contributed by atoms with E-state index in [1.54, 1.807) is 60.7 Å². The molecule has 0 saturated carbocycles. The van der Waals surface area contributed by atoms with E-state index in [0.29, 0.717) is 23.7 Å². The summed E-state index contributed by atoms with van der Waals surface area (Å²) in [5.41, 5.74) is 3.19. The molecule has 0 aliphatic carbocycles. The molecule has 6 rings (SSSR count). The summed E-state index contributed by atoms with van der Waals surface area (Å²) in [7, 11) is 0. The molecule has 0 spiro atoms. The molecule has 5 aromatic carbocycles. The molecule has 0 bridgehead atoms. The van der Waals surface area contributed by atoms with Crippen molar-refractivity contribution in [2.24, 2.45) is 0 Å². The largest absolute Gasteiger partial charge is 0.539 e. The first kappa shape index (κ1) is 34.5. The highest BCUT2D eigenvalue weighted by atomic mass is 35.5. The Morgan fingerprint density at radius 1 is 0.640 bits per heavy atom. The van der Waals surface area contributed by atoms with Gasteiger partial charge in [-0.2, -0.15) is 0 Å². The number of nitrogens with zero attached hydrogens (tertiary/aromatic N) is 3. The molecular weight excluding hydrogens is 654 g/mol. The Kier molecular flexibility index (Phi) is 12.0. The Hall–Kier alpha value is -5.35. The fourth-order valence-electron chi connectivity index (χ4n) is 5.76. The fourth-order valence-corrected chi connectivity index (χ4v) is 5.88. The summed E-state index contributed by atoms with van der Waals surface area (Å²) < 4.78 is 16.7. The molecule has 1 aliphatic rings. The summed E-state index contributed by atoms with van der Waals surface area (Å²) in [5.74, 6) is 1.29. The van der Waals surface area contributed by atoms with E-state index < -0.39 is 12.2 Å². The highest BCUT2D eigenvalue weighted by Crippen LogP contribution is 2.30. The molecule has 5 aromatic rings. The van der Waals surface area contributed by atoms with Gasteiger partial charge in [0.05, 0.1) is 12.6 Å². The molecule has 0 aromatic heterocycles. The molecule has 1 aliphatic heterocycles. The topological polar surface area (TPSA) is 80.8 Å². The van der Waals surface area contributed by atoms with Gasteiger partial charge in [-0.15, -0.1) is 5.06 Å². The maximum atomic E-state index is 13.0. The highest BCUT2D eigenvalue weighted by Gasteiger charge is 2.27. The quantitative estimate of drug-likeness (QED) is 0.0778. The van der Waals surface area contributed by atoms with E-state index in [4.69, 9.17) is 30.6 Å². The third-order valence-electron chi connectivity index (χ3n) is 8.28. The molecule has 0 N–H and O–H groups in total. The molecule has 256 valence electrons. The van der Waals surface area contributed by atoms with Crippen molar-refractivity contribution in [2.45, 2.75) is 12.6 Å². The average Bonchev–Trinajstić information content (AvgIpc) is 3.15. The lowest BCUT2D eigenvalue weighted by Crippen LogP contribution is -2.48. The zero-order valence-corrected chi connectivity index (χ0v) is 28.2. The number of benzene rings is 5. The first-order valence-corrected chi connectivity index (χ1v) is 16.9. The second-order valence-corrected chi connectivity index (χ2v) is 12.1. The molecule has 9 nitrogen and oxygen atoms in total. The van der Waals surface area contributed by atoms with E-state index >= 15 is 0 Å². The van der Waals surface area contributed by atoms with Crippen LogP contribution in [0.4, 0.5) is 9.59 Å². The average molecular weight is 692 g/mol. The van der Waals surface area contributed by atoms with Gasteiger partial charge < -0.3 is 14.2 Å². The van der Waals surface area contributed by atoms with E-state index in [1.165, 1.54) is 11.1 Å². The Morgan fingerprint density at radius 3 is 1.82 bits per heavy atom. The van der Waals surface area contributed by atoms with Gasteiger partial charge in [-0.05, 0) is 65.2 Å². The lowest BCUT2D eigenvalue weighted by molar-refractivity contribution is -0.0955. The minimum atomic E-state index is -1.07. The van der Waals surface area contributed by atoms with E-state index in [0.717, 1.165) is 42.8 Å². The van der Waals surface area contributed by atoms with Crippen LogP contribution in [-0.4, -0.2) is 66.4 Å². The van der Waals surface area contributed by atoms with Gasteiger partial charge in [0, 0.05) is 37.7 Å². The molecule has 1 fully saturated rings. The lowest BCUT2D eigenvalue weighted by Gasteiger charge is -2.39. The van der Waals surface area contributed by atoms with E-state index in [1.807, 2.05) is 42.5 Å². The lowest BCUT2D eigenvalue weighted by atomic mass is 9.96. The van der Waals surface area contributed by atoms with Crippen molar-refractivity contribution in [2.75, 3.05) is 39.3 Å². The van der Waals surface area contributed by atoms with Gasteiger partial charge in [-0.25, -0.2) is 9.59 Å². The number of rotatable bonds is 11. The highest BCUT2D eigenvalue weighted by molar-refractivity contribution is 6.30. The molecule has 10 heteroatoms. The minimum absolute atomic E-state index is 0.0693. The van der Waals surface area contributed by atoms with Crippen LogP contribution in [0.3, 0.4) is 0 Å².